The van der Waals surface area contributed by atoms with Gasteiger partial charge in [0.2, 0.25) is 0 Å². The lowest BCUT2D eigenvalue weighted by Gasteiger charge is -2.12. The maximum atomic E-state index is 10.1. The van der Waals surface area contributed by atoms with Gasteiger partial charge in [0.05, 0.1) is 12.6 Å². The van der Waals surface area contributed by atoms with E-state index in [4.69, 9.17) is 0 Å². The summed E-state index contributed by atoms with van der Waals surface area (Å²) in [6, 6.07) is 10.1. The van der Waals surface area contributed by atoms with E-state index in [0.29, 0.717) is 12.3 Å². The molecular weight excluding hydrogens is 296 g/mol. The molecule has 1 N–H and O–H groups in total. The minimum atomic E-state index is -0.465. The van der Waals surface area contributed by atoms with Gasteiger partial charge in [0.25, 0.3) is 0 Å². The molecule has 114 valence electrons. The van der Waals surface area contributed by atoms with Gasteiger partial charge in [0.1, 0.15) is 0 Å². The minimum Gasteiger partial charge on any atom is -0.390 e. The summed E-state index contributed by atoms with van der Waals surface area (Å²) in [6.45, 7) is 2.56. The van der Waals surface area contributed by atoms with Crippen LogP contribution in [0.5, 0.6) is 0 Å². The molecule has 0 saturated carbocycles. The van der Waals surface area contributed by atoms with Crippen molar-refractivity contribution in [3.8, 4) is 5.69 Å². The minimum absolute atomic E-state index is 0.465. The molecule has 3 aromatic rings. The van der Waals surface area contributed by atoms with E-state index in [1.807, 2.05) is 29.1 Å². The zero-order valence-corrected chi connectivity index (χ0v) is 13.1. The molecule has 1 aromatic carbocycles. The number of nitrogens with zero attached hydrogens (tertiary/aromatic N) is 4. The Balaban J connectivity index is 1.65. The Hall–Kier alpha value is -2.05. The van der Waals surface area contributed by atoms with Gasteiger partial charge in [-0.05, 0) is 30.7 Å². The van der Waals surface area contributed by atoms with Crippen molar-refractivity contribution in [1.29, 1.82) is 0 Å². The number of aryl methyl sites for hydroxylation is 1. The van der Waals surface area contributed by atoms with E-state index in [2.05, 4.69) is 35.2 Å². The Morgan fingerprint density at radius 1 is 1.23 bits per heavy atom. The summed E-state index contributed by atoms with van der Waals surface area (Å²) in [7, 11) is 0. The first kappa shape index (κ1) is 14.9. The molecule has 0 saturated heterocycles. The number of aromatic nitrogens is 4. The number of rotatable bonds is 6. The van der Waals surface area contributed by atoms with Crippen LogP contribution in [-0.4, -0.2) is 36.3 Å². The van der Waals surface area contributed by atoms with Crippen LogP contribution in [0.3, 0.4) is 0 Å². The summed E-state index contributed by atoms with van der Waals surface area (Å²) >= 11 is 1.55. The highest BCUT2D eigenvalue weighted by Gasteiger charge is 2.10. The zero-order chi connectivity index (χ0) is 15.4. The predicted molar refractivity (Wildman–Crippen MR) is 87.3 cm³/mol. The van der Waals surface area contributed by atoms with Crippen molar-refractivity contribution in [1.82, 2.24) is 19.3 Å². The third kappa shape index (κ3) is 3.58. The smallest absolute Gasteiger partial charge is 0.172 e. The van der Waals surface area contributed by atoms with E-state index in [1.165, 1.54) is 5.56 Å². The van der Waals surface area contributed by atoms with Crippen molar-refractivity contribution in [3.63, 3.8) is 0 Å². The fourth-order valence-electron chi connectivity index (χ4n) is 2.22. The third-order valence-corrected chi connectivity index (χ3v) is 4.36. The fraction of sp³-hybridized carbons (Fsp3) is 0.250. The van der Waals surface area contributed by atoms with Crippen molar-refractivity contribution in [2.45, 2.75) is 24.7 Å². The summed E-state index contributed by atoms with van der Waals surface area (Å²) in [5.74, 6) is 0.572. The molecule has 5 nitrogen and oxygen atoms in total. The van der Waals surface area contributed by atoms with Crippen LogP contribution in [0, 0.1) is 6.92 Å². The van der Waals surface area contributed by atoms with E-state index in [0.717, 1.165) is 10.8 Å². The Labute approximate surface area is 133 Å². The van der Waals surface area contributed by atoms with Gasteiger partial charge in [-0.1, -0.05) is 23.9 Å². The van der Waals surface area contributed by atoms with Gasteiger partial charge in [-0.3, -0.25) is 9.25 Å². The van der Waals surface area contributed by atoms with Crippen LogP contribution in [0.25, 0.3) is 5.69 Å². The molecule has 0 bridgehead atoms. The van der Waals surface area contributed by atoms with Crippen LogP contribution in [-0.2, 0) is 6.54 Å². The number of hydrogen-bond donors (Lipinski definition) is 1. The van der Waals surface area contributed by atoms with Crippen molar-refractivity contribution in [3.05, 3.63) is 60.7 Å². The Kier molecular flexibility index (Phi) is 4.60. The molecule has 6 heteroatoms. The second kappa shape index (κ2) is 6.81. The largest absolute Gasteiger partial charge is 0.390 e. The Morgan fingerprint density at radius 2 is 2.14 bits per heavy atom. The summed E-state index contributed by atoms with van der Waals surface area (Å²) < 4.78 is 3.77. The maximum absolute atomic E-state index is 10.1. The first-order valence-corrected chi connectivity index (χ1v) is 8.09. The molecule has 0 fully saturated rings. The van der Waals surface area contributed by atoms with Crippen molar-refractivity contribution >= 4 is 11.8 Å². The van der Waals surface area contributed by atoms with Crippen LogP contribution in [0.1, 0.15) is 5.56 Å². The second-order valence-electron chi connectivity index (χ2n) is 5.11. The lowest BCUT2D eigenvalue weighted by molar-refractivity contribution is 0.173. The van der Waals surface area contributed by atoms with Gasteiger partial charge in [0.15, 0.2) is 5.16 Å². The van der Waals surface area contributed by atoms with Crippen LogP contribution in [0.2, 0.25) is 0 Å². The SMILES string of the molecule is Cc1cccc(-n2ccnc2SCC(O)Cn2cccn2)c1. The highest BCUT2D eigenvalue weighted by Crippen LogP contribution is 2.21. The molecule has 22 heavy (non-hydrogen) atoms. The van der Waals surface area contributed by atoms with E-state index in [-0.39, 0.29) is 0 Å². The normalized spacial score (nSPS) is 12.5. The molecule has 2 aromatic heterocycles. The molecule has 0 aliphatic carbocycles. The topological polar surface area (TPSA) is 55.9 Å². The van der Waals surface area contributed by atoms with Crippen LogP contribution in [0.15, 0.2) is 60.3 Å². The molecular formula is C16H18N4OS. The monoisotopic (exact) mass is 314 g/mol. The van der Waals surface area contributed by atoms with Crippen molar-refractivity contribution < 1.29 is 5.11 Å². The molecule has 0 spiro atoms. The highest BCUT2D eigenvalue weighted by atomic mass is 32.2. The van der Waals surface area contributed by atoms with Crippen LogP contribution in [0.4, 0.5) is 0 Å². The quantitative estimate of drug-likeness (QED) is 0.710. The molecule has 1 unspecified atom stereocenters. The van der Waals surface area contributed by atoms with E-state index in [9.17, 15) is 5.11 Å². The zero-order valence-electron chi connectivity index (χ0n) is 12.3. The average molecular weight is 314 g/mol. The average Bonchev–Trinajstić information content (AvgIpc) is 3.16. The standard InChI is InChI=1S/C16H18N4OS/c1-13-4-2-5-14(10-13)20-9-7-17-16(20)22-12-15(21)11-19-8-3-6-18-19/h2-10,15,21H,11-12H2,1H3. The third-order valence-electron chi connectivity index (χ3n) is 3.25. The summed E-state index contributed by atoms with van der Waals surface area (Å²) in [5, 5.41) is 15.1. The van der Waals surface area contributed by atoms with Gasteiger partial charge in [-0.25, -0.2) is 4.98 Å². The number of hydrogen-bond acceptors (Lipinski definition) is 4. The molecule has 2 heterocycles. The molecule has 3 rings (SSSR count). The maximum Gasteiger partial charge on any atom is 0.172 e. The summed E-state index contributed by atoms with van der Waals surface area (Å²) in [6.07, 6.45) is 6.82. The van der Waals surface area contributed by atoms with Crippen molar-refractivity contribution in [2.24, 2.45) is 0 Å². The Bertz CT molecular complexity index is 723. The molecule has 0 aliphatic rings. The van der Waals surface area contributed by atoms with Crippen LogP contribution >= 0.6 is 11.8 Å². The van der Waals surface area contributed by atoms with Crippen LogP contribution < -0.4 is 0 Å². The van der Waals surface area contributed by atoms with E-state index >= 15 is 0 Å². The lowest BCUT2D eigenvalue weighted by Crippen LogP contribution is -2.19. The first-order valence-electron chi connectivity index (χ1n) is 7.11. The number of imidazole rings is 1. The van der Waals surface area contributed by atoms with E-state index in [1.54, 1.807) is 28.8 Å². The predicted octanol–water partition coefficient (Wildman–Crippen LogP) is 2.53. The lowest BCUT2D eigenvalue weighted by atomic mass is 10.2. The van der Waals surface area contributed by atoms with Gasteiger partial charge in [-0.2, -0.15) is 5.10 Å². The van der Waals surface area contributed by atoms with Gasteiger partial charge >= 0.3 is 0 Å². The van der Waals surface area contributed by atoms with Gasteiger partial charge in [-0.15, -0.1) is 0 Å². The number of thioether (sulfide) groups is 1. The number of benzene rings is 1. The summed E-state index contributed by atoms with van der Waals surface area (Å²) in [4.78, 5) is 4.38. The number of aliphatic hydroxyl groups is 1. The van der Waals surface area contributed by atoms with Gasteiger partial charge < -0.3 is 5.11 Å². The first-order chi connectivity index (χ1) is 10.7. The van der Waals surface area contributed by atoms with Crippen molar-refractivity contribution in [2.75, 3.05) is 5.75 Å². The fourth-order valence-corrected chi connectivity index (χ4v) is 3.11. The molecule has 0 radical (unpaired) electrons. The van der Waals surface area contributed by atoms with E-state index < -0.39 is 6.10 Å². The van der Waals surface area contributed by atoms with Gasteiger partial charge in [0, 0.05) is 36.2 Å². The highest BCUT2D eigenvalue weighted by molar-refractivity contribution is 7.99. The summed E-state index contributed by atoms with van der Waals surface area (Å²) in [5.41, 5.74) is 2.29. The molecule has 0 aliphatic heterocycles. The second-order valence-corrected chi connectivity index (χ2v) is 6.10. The molecule has 1 atom stereocenters. The Morgan fingerprint density at radius 3 is 2.91 bits per heavy atom. The molecule has 0 amide bonds. The number of aliphatic hydroxyl groups excluding tert-OH is 1.